The Morgan fingerprint density at radius 3 is 1.49 bits per heavy atom. The van der Waals surface area contributed by atoms with Gasteiger partial charge in [0.25, 0.3) is 11.8 Å². The number of nitrogens with zero attached hydrogens (tertiary/aromatic N) is 1. The summed E-state index contributed by atoms with van der Waals surface area (Å²) in [5.74, 6) is -2.78. The van der Waals surface area contributed by atoms with Gasteiger partial charge in [-0.2, -0.15) is 0 Å². The Kier molecular flexibility index (Phi) is 21.6. The number of ether oxygens (including phenoxy) is 1. The molecule has 3 amide bonds. The number of rotatable bonds is 27. The van der Waals surface area contributed by atoms with E-state index < -0.39 is 40.8 Å². The lowest BCUT2D eigenvalue weighted by molar-refractivity contribution is -0.197. The zero-order chi connectivity index (χ0) is 35.1. The van der Waals surface area contributed by atoms with Crippen LogP contribution in [0, 0.1) is 5.41 Å². The molecule has 9 nitrogen and oxygen atoms in total. The summed E-state index contributed by atoms with van der Waals surface area (Å²) in [5, 5.41) is 3.44. The summed E-state index contributed by atoms with van der Waals surface area (Å²) in [6.45, 7) is 11.7. The van der Waals surface area contributed by atoms with Crippen LogP contribution < -0.4 is 5.32 Å². The second-order valence-corrected chi connectivity index (χ2v) is 14.9. The first-order valence-corrected chi connectivity index (χ1v) is 18.9. The van der Waals surface area contributed by atoms with Crippen molar-refractivity contribution in [1.82, 2.24) is 10.4 Å². The van der Waals surface area contributed by atoms with Crippen LogP contribution in [-0.2, 0) is 33.5 Å². The molecule has 1 aliphatic rings. The smallest absolute Gasteiger partial charge is 0.333 e. The number of amides is 3. The molecule has 1 atom stereocenters. The third-order valence-electron chi connectivity index (χ3n) is 9.05. The number of hydrogen-bond donors (Lipinski definition) is 1. The molecule has 0 unspecified atom stereocenters. The quantitative estimate of drug-likeness (QED) is 0.0529. The molecule has 1 rings (SSSR count). The molecule has 0 saturated carbocycles. The van der Waals surface area contributed by atoms with E-state index in [1.807, 2.05) is 6.92 Å². The number of carbonyl (C=O) groups is 5. The number of nitrogens with one attached hydrogen (secondary N) is 1. The highest BCUT2D eigenvalue weighted by Gasteiger charge is 2.37. The van der Waals surface area contributed by atoms with Crippen molar-refractivity contribution in [2.24, 2.45) is 5.41 Å². The maximum absolute atomic E-state index is 14.0. The first-order valence-electron chi connectivity index (χ1n) is 18.9. The molecule has 0 spiro atoms. The third-order valence-corrected chi connectivity index (χ3v) is 9.05. The predicted molar refractivity (Wildman–Crippen MR) is 186 cm³/mol. The van der Waals surface area contributed by atoms with Crippen molar-refractivity contribution in [1.29, 1.82) is 0 Å². The number of esters is 1. The Morgan fingerprint density at radius 1 is 0.681 bits per heavy atom. The summed E-state index contributed by atoms with van der Waals surface area (Å²) in [4.78, 5) is 68.5. The van der Waals surface area contributed by atoms with Crippen molar-refractivity contribution in [3.05, 3.63) is 0 Å². The highest BCUT2D eigenvalue weighted by atomic mass is 16.7. The molecule has 0 radical (unpaired) electrons. The number of imide groups is 1. The fraction of sp³-hybridized carbons (Fsp3) is 0.868. The van der Waals surface area contributed by atoms with E-state index in [1.54, 1.807) is 20.8 Å². The lowest BCUT2D eigenvalue weighted by Crippen LogP contribution is -2.49. The summed E-state index contributed by atoms with van der Waals surface area (Å²) in [5.41, 5.74) is -1.44. The van der Waals surface area contributed by atoms with Crippen molar-refractivity contribution in [2.45, 2.75) is 207 Å². The summed E-state index contributed by atoms with van der Waals surface area (Å²) >= 11 is 0. The van der Waals surface area contributed by atoms with Gasteiger partial charge in [-0.25, -0.2) is 9.59 Å². The van der Waals surface area contributed by atoms with E-state index in [2.05, 4.69) is 19.2 Å². The van der Waals surface area contributed by atoms with Crippen LogP contribution in [0.15, 0.2) is 0 Å². The van der Waals surface area contributed by atoms with E-state index in [1.165, 1.54) is 77.0 Å². The first-order chi connectivity index (χ1) is 22.3. The zero-order valence-electron chi connectivity index (χ0n) is 30.9. The number of hydroxylamine groups is 2. The first kappa shape index (κ1) is 42.6. The molecule has 1 fully saturated rings. The zero-order valence-corrected chi connectivity index (χ0v) is 30.9. The molecule has 1 saturated heterocycles. The van der Waals surface area contributed by atoms with Crippen molar-refractivity contribution in [2.75, 3.05) is 0 Å². The monoisotopic (exact) mass is 665 g/mol. The summed E-state index contributed by atoms with van der Waals surface area (Å²) in [6, 6.07) is -1.06. The molecule has 0 aliphatic carbocycles. The fourth-order valence-electron chi connectivity index (χ4n) is 6.03. The Balaban J connectivity index is 2.84. The van der Waals surface area contributed by atoms with Crippen LogP contribution in [0.5, 0.6) is 0 Å². The molecule has 0 aromatic carbocycles. The minimum absolute atomic E-state index is 0.000789. The van der Waals surface area contributed by atoms with Gasteiger partial charge in [0.1, 0.15) is 11.6 Å². The molecule has 0 bridgehead atoms. The van der Waals surface area contributed by atoms with Gasteiger partial charge >= 0.3 is 11.9 Å². The highest BCUT2D eigenvalue weighted by molar-refractivity contribution is 6.01. The lowest BCUT2D eigenvalue weighted by atomic mass is 9.78. The molecule has 1 aliphatic heterocycles. The Bertz CT molecular complexity index is 905. The van der Waals surface area contributed by atoms with E-state index >= 15 is 0 Å². The average Bonchev–Trinajstić information content (AvgIpc) is 3.32. The summed E-state index contributed by atoms with van der Waals surface area (Å²) in [6.07, 6.45) is 22.7. The minimum atomic E-state index is -1.06. The average molecular weight is 665 g/mol. The Morgan fingerprint density at radius 2 is 1.09 bits per heavy atom. The Hall–Kier alpha value is -2.45. The molecule has 1 N–H and O–H groups in total. The van der Waals surface area contributed by atoms with Gasteiger partial charge in [0.2, 0.25) is 5.91 Å². The van der Waals surface area contributed by atoms with Crippen molar-refractivity contribution >= 4 is 29.7 Å². The number of hydrogen-bond acceptors (Lipinski definition) is 7. The van der Waals surface area contributed by atoms with Crippen molar-refractivity contribution in [3.63, 3.8) is 0 Å². The van der Waals surface area contributed by atoms with E-state index in [9.17, 15) is 24.0 Å². The molecule has 9 heteroatoms. The minimum Gasteiger partial charge on any atom is -0.458 e. The van der Waals surface area contributed by atoms with Crippen LogP contribution in [0.2, 0.25) is 0 Å². The summed E-state index contributed by atoms with van der Waals surface area (Å²) in [7, 11) is 0. The van der Waals surface area contributed by atoms with Gasteiger partial charge in [-0.1, -0.05) is 136 Å². The maximum atomic E-state index is 14.0. The van der Waals surface area contributed by atoms with E-state index in [0.29, 0.717) is 5.06 Å². The molecule has 0 aromatic heterocycles. The topological polar surface area (TPSA) is 119 Å². The van der Waals surface area contributed by atoms with Crippen molar-refractivity contribution in [3.8, 4) is 0 Å². The van der Waals surface area contributed by atoms with Gasteiger partial charge in [0.15, 0.2) is 0 Å². The van der Waals surface area contributed by atoms with E-state index in [0.717, 1.165) is 51.4 Å². The third kappa shape index (κ3) is 19.2. The second kappa shape index (κ2) is 23.8. The molecule has 47 heavy (non-hydrogen) atoms. The second-order valence-electron chi connectivity index (χ2n) is 14.9. The predicted octanol–water partition coefficient (Wildman–Crippen LogP) is 9.05. The fourth-order valence-corrected chi connectivity index (χ4v) is 6.03. The molecular formula is C38H68N2O7. The van der Waals surface area contributed by atoms with Gasteiger partial charge in [-0.15, -0.1) is 5.06 Å². The van der Waals surface area contributed by atoms with Crippen LogP contribution >= 0.6 is 0 Å². The molecule has 272 valence electrons. The van der Waals surface area contributed by atoms with Crippen molar-refractivity contribution < 1.29 is 33.5 Å². The van der Waals surface area contributed by atoms with Crippen LogP contribution in [-0.4, -0.2) is 46.4 Å². The number of carbonyl (C=O) groups excluding carboxylic acids is 5. The van der Waals surface area contributed by atoms with Gasteiger partial charge in [-0.05, 0) is 40.0 Å². The highest BCUT2D eigenvalue weighted by Crippen LogP contribution is 2.33. The van der Waals surface area contributed by atoms with Crippen LogP contribution in [0.4, 0.5) is 0 Å². The molecular weight excluding hydrogens is 596 g/mol. The van der Waals surface area contributed by atoms with Crippen LogP contribution in [0.25, 0.3) is 0 Å². The SMILES string of the molecule is CCCCCCCCCCCC(C)(CCCCCCCCCCC)C(=O)N[C@@H](CCC(=O)ON1C(=O)CCC1=O)C(=O)OC(C)(C)C. The standard InChI is InChI=1S/C38H68N2O7/c1-7-9-11-13-15-17-19-21-23-29-38(6,30-24-22-20-18-16-14-12-10-8-2)36(45)39-31(35(44)46-37(3,4)5)25-28-34(43)47-40-32(41)26-27-33(40)42/h31H,7-30H2,1-6H3,(H,39,45)/t31-/m0/s1. The van der Waals surface area contributed by atoms with E-state index in [4.69, 9.17) is 9.57 Å². The van der Waals surface area contributed by atoms with Gasteiger partial charge in [0.05, 0.1) is 6.42 Å². The molecule has 1 heterocycles. The van der Waals surface area contributed by atoms with Gasteiger partial charge in [0, 0.05) is 18.3 Å². The van der Waals surface area contributed by atoms with E-state index in [-0.39, 0.29) is 31.6 Å². The van der Waals surface area contributed by atoms with Gasteiger partial charge < -0.3 is 14.9 Å². The lowest BCUT2D eigenvalue weighted by Gasteiger charge is -2.31. The largest absolute Gasteiger partial charge is 0.458 e. The number of unbranched alkanes of at least 4 members (excludes halogenated alkanes) is 16. The van der Waals surface area contributed by atoms with Gasteiger partial charge in [-0.3, -0.25) is 14.4 Å². The maximum Gasteiger partial charge on any atom is 0.333 e. The normalized spacial score (nSPS) is 14.4. The Labute approximate surface area is 286 Å². The molecule has 0 aromatic rings. The summed E-state index contributed by atoms with van der Waals surface area (Å²) < 4.78 is 5.61. The van der Waals surface area contributed by atoms with Crippen LogP contribution in [0.1, 0.15) is 196 Å². The van der Waals surface area contributed by atoms with Crippen LogP contribution in [0.3, 0.4) is 0 Å².